The molecular weight excluding hydrogens is 381 g/mol. The van der Waals surface area contributed by atoms with Crippen molar-refractivity contribution in [3.63, 3.8) is 0 Å². The first-order valence-electron chi connectivity index (χ1n) is 6.88. The first kappa shape index (κ1) is 20.8. The van der Waals surface area contributed by atoms with Gasteiger partial charge in [0.2, 0.25) is 0 Å². The average Bonchev–Trinajstić information content (AvgIpc) is 3.03. The fourth-order valence-electron chi connectivity index (χ4n) is 1.90. The lowest BCUT2D eigenvalue weighted by Crippen LogP contribution is -2.41. The van der Waals surface area contributed by atoms with Crippen LogP contribution in [0.3, 0.4) is 0 Å². The standard InChI is InChI=1S/C15H15F3N2OS2.ClH/c16-15(17,18)14(21)20(11-13-3-1-9-23-13)8-2-10-22-12-4-6-19-7-5-12;/h1,3-7,9H,2,8,10-11H2;1H. The van der Waals surface area contributed by atoms with Crippen molar-refractivity contribution in [2.24, 2.45) is 0 Å². The van der Waals surface area contributed by atoms with Gasteiger partial charge >= 0.3 is 12.1 Å². The Labute approximate surface area is 152 Å². The third-order valence-corrected chi connectivity index (χ3v) is 4.91. The maximum atomic E-state index is 12.7. The molecule has 0 radical (unpaired) electrons. The lowest BCUT2D eigenvalue weighted by atomic mass is 10.3. The van der Waals surface area contributed by atoms with Crippen LogP contribution >= 0.6 is 35.5 Å². The molecule has 0 aromatic carbocycles. The monoisotopic (exact) mass is 396 g/mol. The predicted molar refractivity (Wildman–Crippen MR) is 92.6 cm³/mol. The van der Waals surface area contributed by atoms with Crippen molar-refractivity contribution < 1.29 is 18.0 Å². The Hall–Kier alpha value is -1.25. The highest BCUT2D eigenvalue weighted by Gasteiger charge is 2.42. The first-order valence-corrected chi connectivity index (χ1v) is 8.74. The van der Waals surface area contributed by atoms with Gasteiger partial charge in [-0.1, -0.05) is 6.07 Å². The summed E-state index contributed by atoms with van der Waals surface area (Å²) < 4.78 is 38.1. The first-order chi connectivity index (χ1) is 11.0. The highest BCUT2D eigenvalue weighted by Crippen LogP contribution is 2.23. The van der Waals surface area contributed by atoms with E-state index in [1.165, 1.54) is 23.1 Å². The van der Waals surface area contributed by atoms with Crippen LogP contribution in [0.4, 0.5) is 13.2 Å². The summed E-state index contributed by atoms with van der Waals surface area (Å²) in [5, 5.41) is 1.78. The van der Waals surface area contributed by atoms with Crippen LogP contribution in [0.15, 0.2) is 46.9 Å². The van der Waals surface area contributed by atoms with Crippen LogP contribution in [0.25, 0.3) is 0 Å². The van der Waals surface area contributed by atoms with Gasteiger partial charge in [0.25, 0.3) is 0 Å². The molecule has 2 heterocycles. The van der Waals surface area contributed by atoms with E-state index in [1.807, 2.05) is 12.1 Å². The molecule has 0 atom stereocenters. The maximum absolute atomic E-state index is 12.7. The summed E-state index contributed by atoms with van der Waals surface area (Å²) in [5.41, 5.74) is 0. The van der Waals surface area contributed by atoms with E-state index < -0.39 is 12.1 Å². The summed E-state index contributed by atoms with van der Waals surface area (Å²) in [6, 6.07) is 7.17. The number of carbonyl (C=O) groups excluding carboxylic acids is 1. The number of pyridine rings is 1. The van der Waals surface area contributed by atoms with Crippen molar-refractivity contribution in [3.05, 3.63) is 46.9 Å². The molecule has 2 aromatic heterocycles. The SMILES string of the molecule is Cl.O=C(N(CCCSc1ccncc1)Cc1cccs1)C(F)(F)F. The summed E-state index contributed by atoms with van der Waals surface area (Å²) in [4.78, 5) is 18.1. The Bertz CT molecular complexity index is 609. The Balaban J connectivity index is 0.00000288. The molecule has 3 nitrogen and oxygen atoms in total. The Morgan fingerprint density at radius 3 is 2.54 bits per heavy atom. The second-order valence-corrected chi connectivity index (χ2v) is 6.89. The molecule has 0 saturated carbocycles. The molecule has 0 spiro atoms. The lowest BCUT2D eigenvalue weighted by molar-refractivity contribution is -0.186. The van der Waals surface area contributed by atoms with E-state index in [0.717, 1.165) is 14.7 Å². The number of hydrogen-bond acceptors (Lipinski definition) is 4. The van der Waals surface area contributed by atoms with Gasteiger partial charge in [0.1, 0.15) is 0 Å². The number of rotatable bonds is 7. The zero-order chi connectivity index (χ0) is 16.7. The Morgan fingerprint density at radius 1 is 1.25 bits per heavy atom. The molecule has 1 amide bonds. The number of halogens is 4. The topological polar surface area (TPSA) is 33.2 Å². The fourth-order valence-corrected chi connectivity index (χ4v) is 3.44. The van der Waals surface area contributed by atoms with Gasteiger partial charge in [-0.25, -0.2) is 0 Å². The smallest absolute Gasteiger partial charge is 0.330 e. The predicted octanol–water partition coefficient (Wildman–Crippen LogP) is 4.64. The van der Waals surface area contributed by atoms with Gasteiger partial charge < -0.3 is 4.90 Å². The van der Waals surface area contributed by atoms with Crippen molar-refractivity contribution in [2.75, 3.05) is 12.3 Å². The zero-order valence-electron chi connectivity index (χ0n) is 12.5. The largest absolute Gasteiger partial charge is 0.471 e. The molecule has 0 saturated heterocycles. The van der Waals surface area contributed by atoms with Gasteiger partial charge in [-0.05, 0) is 35.8 Å². The third-order valence-electron chi connectivity index (χ3n) is 2.95. The number of thioether (sulfide) groups is 1. The van der Waals surface area contributed by atoms with Crippen LogP contribution in [0, 0.1) is 0 Å². The number of hydrogen-bond donors (Lipinski definition) is 0. The number of amides is 1. The molecule has 0 N–H and O–H groups in total. The number of thiophene rings is 1. The summed E-state index contributed by atoms with van der Waals surface area (Å²) in [6.45, 7) is 0.0737. The van der Waals surface area contributed by atoms with Crippen molar-refractivity contribution in [1.82, 2.24) is 9.88 Å². The minimum atomic E-state index is -4.84. The summed E-state index contributed by atoms with van der Waals surface area (Å²) in [6.07, 6.45) is -1.02. The molecule has 2 rings (SSSR count). The zero-order valence-corrected chi connectivity index (χ0v) is 15.0. The average molecular weight is 397 g/mol. The summed E-state index contributed by atoms with van der Waals surface area (Å²) >= 11 is 2.87. The molecule has 132 valence electrons. The molecule has 9 heteroatoms. The molecular formula is C15H16ClF3N2OS2. The van der Waals surface area contributed by atoms with E-state index in [1.54, 1.807) is 29.9 Å². The second kappa shape index (κ2) is 9.90. The highest BCUT2D eigenvalue weighted by atomic mass is 35.5. The molecule has 0 bridgehead atoms. The van der Waals surface area contributed by atoms with Gasteiger partial charge in [-0.2, -0.15) is 13.2 Å². The minimum Gasteiger partial charge on any atom is -0.330 e. The molecule has 0 aliphatic heterocycles. The van der Waals surface area contributed by atoms with Crippen LogP contribution in [0.2, 0.25) is 0 Å². The molecule has 2 aromatic rings. The van der Waals surface area contributed by atoms with Crippen molar-refractivity contribution in [3.8, 4) is 0 Å². The molecule has 0 aliphatic rings. The van der Waals surface area contributed by atoms with Gasteiger partial charge in [-0.3, -0.25) is 9.78 Å². The van der Waals surface area contributed by atoms with Crippen LogP contribution < -0.4 is 0 Å². The van der Waals surface area contributed by atoms with Crippen molar-refractivity contribution in [2.45, 2.75) is 24.0 Å². The molecule has 0 unspecified atom stereocenters. The van der Waals surface area contributed by atoms with E-state index in [4.69, 9.17) is 0 Å². The number of carbonyl (C=O) groups is 1. The van der Waals surface area contributed by atoms with Crippen molar-refractivity contribution >= 4 is 41.4 Å². The second-order valence-electron chi connectivity index (χ2n) is 4.69. The van der Waals surface area contributed by atoms with E-state index in [-0.39, 0.29) is 25.5 Å². The molecule has 0 fully saturated rings. The van der Waals surface area contributed by atoms with E-state index >= 15 is 0 Å². The minimum absolute atomic E-state index is 0. The van der Waals surface area contributed by atoms with Gasteiger partial charge in [0, 0.05) is 28.7 Å². The van der Waals surface area contributed by atoms with E-state index in [2.05, 4.69) is 4.98 Å². The van der Waals surface area contributed by atoms with Gasteiger partial charge in [0.05, 0.1) is 6.54 Å². The quantitative estimate of drug-likeness (QED) is 0.505. The molecule has 24 heavy (non-hydrogen) atoms. The maximum Gasteiger partial charge on any atom is 0.471 e. The third kappa shape index (κ3) is 6.70. The fraction of sp³-hybridized carbons (Fsp3) is 0.333. The van der Waals surface area contributed by atoms with E-state index in [9.17, 15) is 18.0 Å². The van der Waals surface area contributed by atoms with Crippen molar-refractivity contribution in [1.29, 1.82) is 0 Å². The Kier molecular flexibility index (Phi) is 8.58. The number of alkyl halides is 3. The van der Waals surface area contributed by atoms with Crippen LogP contribution in [-0.2, 0) is 11.3 Å². The van der Waals surface area contributed by atoms with Crippen LogP contribution in [0.1, 0.15) is 11.3 Å². The lowest BCUT2D eigenvalue weighted by Gasteiger charge is -2.23. The number of aromatic nitrogens is 1. The summed E-state index contributed by atoms with van der Waals surface area (Å²) in [7, 11) is 0. The summed E-state index contributed by atoms with van der Waals surface area (Å²) in [5.74, 6) is -1.14. The van der Waals surface area contributed by atoms with Crippen LogP contribution in [0.5, 0.6) is 0 Å². The van der Waals surface area contributed by atoms with Crippen LogP contribution in [-0.4, -0.2) is 34.3 Å². The molecule has 0 aliphatic carbocycles. The number of nitrogens with zero attached hydrogens (tertiary/aromatic N) is 2. The Morgan fingerprint density at radius 2 is 1.96 bits per heavy atom. The highest BCUT2D eigenvalue weighted by molar-refractivity contribution is 7.99. The normalized spacial score (nSPS) is 11.0. The van der Waals surface area contributed by atoms with Gasteiger partial charge in [-0.15, -0.1) is 35.5 Å². The van der Waals surface area contributed by atoms with Gasteiger partial charge in [0.15, 0.2) is 0 Å². The van der Waals surface area contributed by atoms with E-state index in [0.29, 0.717) is 12.2 Å².